The van der Waals surface area contributed by atoms with E-state index in [1.165, 1.54) is 50.1 Å². The van der Waals surface area contributed by atoms with E-state index < -0.39 is 0 Å². The maximum Gasteiger partial charge on any atom is 0.0234 e. The van der Waals surface area contributed by atoms with E-state index in [1.807, 2.05) is 0 Å². The maximum atomic E-state index is 2.63. The average Bonchev–Trinajstić information content (AvgIpc) is 2.76. The van der Waals surface area contributed by atoms with Gasteiger partial charge in [0.05, 0.1) is 0 Å². The number of nitrogens with zero attached hydrogens (tertiary/aromatic N) is 4. The van der Waals surface area contributed by atoms with Gasteiger partial charge in [0.1, 0.15) is 0 Å². The predicted molar refractivity (Wildman–Crippen MR) is 128 cm³/mol. The van der Waals surface area contributed by atoms with Gasteiger partial charge in [-0.2, -0.15) is 0 Å². The zero-order chi connectivity index (χ0) is 21.0. The van der Waals surface area contributed by atoms with Crippen LogP contribution in [0.25, 0.3) is 0 Å². The van der Waals surface area contributed by atoms with Gasteiger partial charge in [0, 0.05) is 39.3 Å². The van der Waals surface area contributed by atoms with Gasteiger partial charge in [-0.25, -0.2) is 0 Å². The molecule has 1 fully saturated rings. The molecule has 0 radical (unpaired) electrons. The Morgan fingerprint density at radius 2 is 0.900 bits per heavy atom. The minimum Gasteiger partial charge on any atom is -0.305 e. The van der Waals surface area contributed by atoms with E-state index in [1.54, 1.807) is 0 Å². The summed E-state index contributed by atoms with van der Waals surface area (Å²) < 4.78 is 0. The van der Waals surface area contributed by atoms with Crippen LogP contribution in [0.5, 0.6) is 0 Å². The molecule has 0 bridgehead atoms. The Balaban J connectivity index is 1.55. The second-order valence-corrected chi connectivity index (χ2v) is 8.84. The van der Waals surface area contributed by atoms with Gasteiger partial charge >= 0.3 is 0 Å². The summed E-state index contributed by atoms with van der Waals surface area (Å²) in [7, 11) is 4.56. The minimum atomic E-state index is 1.06. The molecule has 0 spiro atoms. The van der Waals surface area contributed by atoms with Crippen LogP contribution in [0.2, 0.25) is 0 Å². The molecule has 4 nitrogen and oxygen atoms in total. The van der Waals surface area contributed by atoms with Crippen molar-refractivity contribution in [1.29, 1.82) is 0 Å². The molecule has 0 N–H and O–H groups in total. The lowest BCUT2D eigenvalue weighted by atomic mass is 10.2. The van der Waals surface area contributed by atoms with Gasteiger partial charge in [-0.05, 0) is 64.2 Å². The standard InChI is InChI=1S/C26H40N4/c1-27-15-9-17-30(24-26-13-7-4-8-14-26)22-20-28(2)16-10-18-29(21-19-27)23-25-11-5-3-6-12-25/h3-8,11-14H,9-10,15-24H2,1-2H3. The van der Waals surface area contributed by atoms with Crippen molar-refractivity contribution in [1.82, 2.24) is 19.6 Å². The van der Waals surface area contributed by atoms with E-state index in [9.17, 15) is 0 Å². The van der Waals surface area contributed by atoms with E-state index in [2.05, 4.69) is 94.4 Å². The molecule has 1 aliphatic rings. The number of likely N-dealkylation sites (N-methyl/N-ethyl adjacent to an activating group) is 2. The molecule has 1 aliphatic heterocycles. The van der Waals surface area contributed by atoms with Gasteiger partial charge in [0.15, 0.2) is 0 Å². The molecule has 0 saturated carbocycles. The monoisotopic (exact) mass is 408 g/mol. The molecule has 4 heteroatoms. The van der Waals surface area contributed by atoms with E-state index >= 15 is 0 Å². The van der Waals surface area contributed by atoms with Crippen molar-refractivity contribution >= 4 is 0 Å². The summed E-state index contributed by atoms with van der Waals surface area (Å²) in [6, 6.07) is 21.8. The van der Waals surface area contributed by atoms with Crippen molar-refractivity contribution in [2.45, 2.75) is 25.9 Å². The molecule has 0 aliphatic carbocycles. The number of hydrogen-bond acceptors (Lipinski definition) is 4. The molecule has 3 rings (SSSR count). The fourth-order valence-electron chi connectivity index (χ4n) is 4.20. The van der Waals surface area contributed by atoms with Crippen LogP contribution in [0.1, 0.15) is 24.0 Å². The summed E-state index contributed by atoms with van der Waals surface area (Å²) in [6.07, 6.45) is 2.46. The summed E-state index contributed by atoms with van der Waals surface area (Å²) in [5.74, 6) is 0. The highest BCUT2D eigenvalue weighted by atomic mass is 15.2. The van der Waals surface area contributed by atoms with Crippen LogP contribution >= 0.6 is 0 Å². The third-order valence-electron chi connectivity index (χ3n) is 6.12. The Bertz CT molecular complexity index is 629. The maximum absolute atomic E-state index is 2.63. The molecule has 0 amide bonds. The topological polar surface area (TPSA) is 13.0 Å². The molecule has 30 heavy (non-hydrogen) atoms. The van der Waals surface area contributed by atoms with Gasteiger partial charge in [0.25, 0.3) is 0 Å². The third kappa shape index (κ3) is 8.57. The quantitative estimate of drug-likeness (QED) is 0.766. The van der Waals surface area contributed by atoms with Gasteiger partial charge in [-0.3, -0.25) is 9.80 Å². The van der Waals surface area contributed by atoms with E-state index in [0.29, 0.717) is 0 Å². The summed E-state index contributed by atoms with van der Waals surface area (Å²) in [5.41, 5.74) is 2.84. The number of rotatable bonds is 4. The number of benzene rings is 2. The molecule has 1 saturated heterocycles. The highest BCUT2D eigenvalue weighted by Crippen LogP contribution is 2.08. The molecule has 2 aromatic rings. The summed E-state index contributed by atoms with van der Waals surface area (Å²) in [6.45, 7) is 11.4. The molecule has 0 unspecified atom stereocenters. The first kappa shape index (κ1) is 23.0. The first-order valence-corrected chi connectivity index (χ1v) is 11.6. The van der Waals surface area contributed by atoms with E-state index in [-0.39, 0.29) is 0 Å². The van der Waals surface area contributed by atoms with E-state index in [4.69, 9.17) is 0 Å². The van der Waals surface area contributed by atoms with Crippen molar-refractivity contribution in [3.8, 4) is 0 Å². The second-order valence-electron chi connectivity index (χ2n) is 8.84. The van der Waals surface area contributed by atoms with Gasteiger partial charge in [-0.15, -0.1) is 0 Å². The highest BCUT2D eigenvalue weighted by Gasteiger charge is 2.12. The van der Waals surface area contributed by atoms with Crippen LogP contribution in [0.15, 0.2) is 60.7 Å². The van der Waals surface area contributed by atoms with Crippen LogP contribution < -0.4 is 0 Å². The lowest BCUT2D eigenvalue weighted by Gasteiger charge is -2.30. The van der Waals surface area contributed by atoms with Gasteiger partial charge in [-0.1, -0.05) is 60.7 Å². The smallest absolute Gasteiger partial charge is 0.0234 e. The van der Waals surface area contributed by atoms with Crippen LogP contribution in [0.4, 0.5) is 0 Å². The molecule has 2 aromatic carbocycles. The molecular formula is C26H40N4. The Morgan fingerprint density at radius 3 is 1.30 bits per heavy atom. The second kappa shape index (κ2) is 12.9. The van der Waals surface area contributed by atoms with Crippen molar-refractivity contribution in [3.05, 3.63) is 71.8 Å². The predicted octanol–water partition coefficient (Wildman–Crippen LogP) is 3.65. The van der Waals surface area contributed by atoms with Crippen LogP contribution in [-0.2, 0) is 13.1 Å². The first-order valence-electron chi connectivity index (χ1n) is 11.6. The normalized spacial score (nSPS) is 20.1. The average molecular weight is 409 g/mol. The van der Waals surface area contributed by atoms with Gasteiger partial charge < -0.3 is 9.80 Å². The minimum absolute atomic E-state index is 1.06. The fourth-order valence-corrected chi connectivity index (χ4v) is 4.20. The molecular weight excluding hydrogens is 368 g/mol. The summed E-state index contributed by atoms with van der Waals surface area (Å²) in [5, 5.41) is 0. The van der Waals surface area contributed by atoms with E-state index in [0.717, 1.165) is 39.3 Å². The lowest BCUT2D eigenvalue weighted by molar-refractivity contribution is 0.173. The summed E-state index contributed by atoms with van der Waals surface area (Å²) in [4.78, 5) is 10.3. The van der Waals surface area contributed by atoms with Crippen molar-refractivity contribution in [3.63, 3.8) is 0 Å². The molecule has 0 atom stereocenters. The van der Waals surface area contributed by atoms with Crippen LogP contribution in [-0.4, -0.2) is 86.1 Å². The fraction of sp³-hybridized carbons (Fsp3) is 0.538. The Hall–Kier alpha value is -1.72. The highest BCUT2D eigenvalue weighted by molar-refractivity contribution is 5.15. The molecule has 1 heterocycles. The Morgan fingerprint density at radius 1 is 0.500 bits per heavy atom. The Kier molecular flexibility index (Phi) is 9.84. The zero-order valence-corrected chi connectivity index (χ0v) is 19.0. The van der Waals surface area contributed by atoms with Crippen LogP contribution in [0.3, 0.4) is 0 Å². The van der Waals surface area contributed by atoms with Gasteiger partial charge in [0.2, 0.25) is 0 Å². The Labute approximate surface area is 184 Å². The largest absolute Gasteiger partial charge is 0.305 e. The molecule has 164 valence electrons. The molecule has 0 aromatic heterocycles. The van der Waals surface area contributed by atoms with Crippen LogP contribution in [0, 0.1) is 0 Å². The lowest BCUT2D eigenvalue weighted by Crippen LogP contribution is -2.39. The zero-order valence-electron chi connectivity index (χ0n) is 19.0. The van der Waals surface area contributed by atoms with Crippen molar-refractivity contribution < 1.29 is 0 Å². The number of hydrogen-bond donors (Lipinski definition) is 0. The summed E-state index contributed by atoms with van der Waals surface area (Å²) >= 11 is 0. The first-order chi connectivity index (χ1) is 14.7. The van der Waals surface area contributed by atoms with Crippen molar-refractivity contribution in [2.24, 2.45) is 0 Å². The third-order valence-corrected chi connectivity index (χ3v) is 6.12. The SMILES string of the molecule is CN1CCCN(Cc2ccccc2)CCN(C)CCCN(Cc2ccccc2)CC1. The van der Waals surface area contributed by atoms with Crippen molar-refractivity contribution in [2.75, 3.05) is 66.5 Å².